The number of benzene rings is 1. The van der Waals surface area contributed by atoms with Crippen LogP contribution in [0, 0.1) is 6.92 Å². The van der Waals surface area contributed by atoms with Gasteiger partial charge in [-0.1, -0.05) is 12.8 Å². The van der Waals surface area contributed by atoms with Crippen LogP contribution < -0.4 is 15.4 Å². The van der Waals surface area contributed by atoms with Crippen LogP contribution in [0.4, 0.5) is 5.69 Å². The first kappa shape index (κ1) is 20.2. The van der Waals surface area contributed by atoms with Crippen LogP contribution in [0.2, 0.25) is 0 Å². The highest BCUT2D eigenvalue weighted by Gasteiger charge is 2.41. The summed E-state index contributed by atoms with van der Waals surface area (Å²) < 4.78 is 33.8. The molecule has 2 atom stereocenters. The van der Waals surface area contributed by atoms with Crippen molar-refractivity contribution in [3.63, 3.8) is 0 Å². The number of sulfonamides is 1. The van der Waals surface area contributed by atoms with E-state index in [1.54, 1.807) is 19.9 Å². The Morgan fingerprint density at radius 3 is 2.66 bits per heavy atom. The highest BCUT2D eigenvalue weighted by molar-refractivity contribution is 7.89. The van der Waals surface area contributed by atoms with E-state index in [-0.39, 0.29) is 22.8 Å². The summed E-state index contributed by atoms with van der Waals surface area (Å²) in [7, 11) is -3.88. The van der Waals surface area contributed by atoms with Crippen LogP contribution in [0.1, 0.15) is 51.0 Å². The van der Waals surface area contributed by atoms with Crippen molar-refractivity contribution >= 4 is 27.5 Å². The molecule has 0 spiro atoms. The van der Waals surface area contributed by atoms with Crippen LogP contribution in [0.3, 0.4) is 0 Å². The summed E-state index contributed by atoms with van der Waals surface area (Å²) in [6.45, 7) is 3.60. The number of aryl methyl sites for hydroxylation is 1. The molecule has 9 heteroatoms. The van der Waals surface area contributed by atoms with Crippen molar-refractivity contribution in [2.24, 2.45) is 0 Å². The Balaban J connectivity index is 1.61. The van der Waals surface area contributed by atoms with Gasteiger partial charge in [0.25, 0.3) is 5.91 Å². The SMILES string of the molecule is Cc1cc2c(cc1S(=O)(=O)N1CCC[C@@H]1C(=O)NC1CCCC1)O[C@H](C)C(=O)N2. The molecule has 3 aliphatic rings. The first-order valence-corrected chi connectivity index (χ1v) is 11.7. The predicted octanol–water partition coefficient (Wildman–Crippen LogP) is 1.93. The summed E-state index contributed by atoms with van der Waals surface area (Å²) in [4.78, 5) is 24.7. The van der Waals surface area contributed by atoms with Crippen LogP contribution in [0.25, 0.3) is 0 Å². The molecule has 158 valence electrons. The molecule has 0 unspecified atom stereocenters. The maximum atomic E-state index is 13.4. The lowest BCUT2D eigenvalue weighted by atomic mass is 10.1. The Hall–Kier alpha value is -2.13. The highest BCUT2D eigenvalue weighted by atomic mass is 32.2. The number of amides is 2. The highest BCUT2D eigenvalue weighted by Crippen LogP contribution is 2.37. The number of hydrogen-bond acceptors (Lipinski definition) is 5. The Kier molecular flexibility index (Phi) is 5.29. The third-order valence-corrected chi connectivity index (χ3v) is 8.05. The van der Waals surface area contributed by atoms with E-state index in [1.807, 2.05) is 0 Å². The molecule has 1 aliphatic carbocycles. The minimum atomic E-state index is -3.88. The number of nitrogens with zero attached hydrogens (tertiary/aromatic N) is 1. The molecule has 1 aromatic carbocycles. The lowest BCUT2D eigenvalue weighted by Gasteiger charge is -2.28. The molecule has 2 amide bonds. The molecule has 2 fully saturated rings. The standard InChI is InChI=1S/C20H27N3O5S/c1-12-10-15-17(28-13(2)19(24)22-15)11-18(12)29(26,27)23-9-5-8-16(23)20(25)21-14-6-3-4-7-14/h10-11,13-14,16H,3-9H2,1-2H3,(H,21,25)(H,22,24)/t13-,16-/m1/s1. The van der Waals surface area contributed by atoms with E-state index in [0.717, 1.165) is 25.7 Å². The molecule has 0 aromatic heterocycles. The second kappa shape index (κ2) is 7.60. The second-order valence-corrected chi connectivity index (χ2v) is 9.99. The number of rotatable bonds is 4. The van der Waals surface area contributed by atoms with E-state index < -0.39 is 22.2 Å². The Labute approximate surface area is 171 Å². The number of carbonyl (C=O) groups excluding carboxylic acids is 2. The third-order valence-electron chi connectivity index (χ3n) is 6.00. The average molecular weight is 422 g/mol. The van der Waals surface area contributed by atoms with Crippen LogP contribution in [-0.4, -0.2) is 49.3 Å². The van der Waals surface area contributed by atoms with E-state index in [9.17, 15) is 18.0 Å². The summed E-state index contributed by atoms with van der Waals surface area (Å²) >= 11 is 0. The van der Waals surface area contributed by atoms with Gasteiger partial charge in [-0.3, -0.25) is 9.59 Å². The van der Waals surface area contributed by atoms with Crippen molar-refractivity contribution in [2.75, 3.05) is 11.9 Å². The van der Waals surface area contributed by atoms with Crippen molar-refractivity contribution in [3.05, 3.63) is 17.7 Å². The summed E-state index contributed by atoms with van der Waals surface area (Å²) in [6.07, 6.45) is 4.58. The van der Waals surface area contributed by atoms with Gasteiger partial charge < -0.3 is 15.4 Å². The first-order chi connectivity index (χ1) is 13.8. The van der Waals surface area contributed by atoms with Crippen molar-refractivity contribution in [3.8, 4) is 5.75 Å². The zero-order chi connectivity index (χ0) is 20.8. The molecule has 1 aromatic rings. The quantitative estimate of drug-likeness (QED) is 0.773. The summed E-state index contributed by atoms with van der Waals surface area (Å²) in [5, 5.41) is 5.76. The fourth-order valence-corrected chi connectivity index (χ4v) is 6.28. The Bertz CT molecular complexity index is 940. The number of hydrogen-bond donors (Lipinski definition) is 2. The molecule has 1 saturated carbocycles. The monoisotopic (exact) mass is 421 g/mol. The lowest BCUT2D eigenvalue weighted by molar-refractivity contribution is -0.125. The molecule has 2 heterocycles. The number of ether oxygens (including phenoxy) is 1. The number of carbonyl (C=O) groups is 2. The molecule has 0 bridgehead atoms. The van der Waals surface area contributed by atoms with Crippen molar-refractivity contribution in [2.45, 2.75) is 75.5 Å². The molecular formula is C20H27N3O5S. The van der Waals surface area contributed by atoms with E-state index in [2.05, 4.69) is 10.6 Å². The Morgan fingerprint density at radius 2 is 1.93 bits per heavy atom. The fourth-order valence-electron chi connectivity index (χ4n) is 4.40. The van der Waals surface area contributed by atoms with Gasteiger partial charge in [0.15, 0.2) is 6.10 Å². The van der Waals surface area contributed by atoms with Gasteiger partial charge in [-0.05, 0) is 51.2 Å². The van der Waals surface area contributed by atoms with Gasteiger partial charge in [0, 0.05) is 18.7 Å². The van der Waals surface area contributed by atoms with Crippen molar-refractivity contribution in [1.29, 1.82) is 0 Å². The normalized spacial score (nSPS) is 25.4. The second-order valence-electron chi connectivity index (χ2n) is 8.13. The van der Waals surface area contributed by atoms with Crippen molar-refractivity contribution in [1.82, 2.24) is 9.62 Å². The predicted molar refractivity (Wildman–Crippen MR) is 107 cm³/mol. The topological polar surface area (TPSA) is 105 Å². The summed E-state index contributed by atoms with van der Waals surface area (Å²) in [5.41, 5.74) is 0.963. The van der Waals surface area contributed by atoms with Gasteiger partial charge >= 0.3 is 0 Å². The molecule has 0 radical (unpaired) electrons. The van der Waals surface area contributed by atoms with E-state index >= 15 is 0 Å². The van der Waals surface area contributed by atoms with Gasteiger partial charge in [-0.25, -0.2) is 8.42 Å². The lowest BCUT2D eigenvalue weighted by Crippen LogP contribution is -2.48. The average Bonchev–Trinajstić information content (AvgIpc) is 3.34. The molecule has 2 aliphatic heterocycles. The van der Waals surface area contributed by atoms with Gasteiger partial charge in [0.2, 0.25) is 15.9 Å². The molecule has 1 saturated heterocycles. The van der Waals surface area contributed by atoms with E-state index in [1.165, 1.54) is 10.4 Å². The third kappa shape index (κ3) is 3.73. The minimum Gasteiger partial charge on any atom is -0.479 e. The molecule has 2 N–H and O–H groups in total. The molecule has 8 nitrogen and oxygen atoms in total. The van der Waals surface area contributed by atoms with Crippen LogP contribution in [0.5, 0.6) is 5.75 Å². The van der Waals surface area contributed by atoms with Gasteiger partial charge in [0.05, 0.1) is 10.6 Å². The van der Waals surface area contributed by atoms with E-state index in [0.29, 0.717) is 36.4 Å². The smallest absolute Gasteiger partial charge is 0.265 e. The van der Waals surface area contributed by atoms with Gasteiger partial charge in [-0.2, -0.15) is 4.31 Å². The summed E-state index contributed by atoms with van der Waals surface area (Å²) in [5.74, 6) is -0.145. The summed E-state index contributed by atoms with van der Waals surface area (Å²) in [6, 6.07) is 2.53. The van der Waals surface area contributed by atoms with Crippen LogP contribution in [0.15, 0.2) is 17.0 Å². The number of anilines is 1. The Morgan fingerprint density at radius 1 is 1.21 bits per heavy atom. The van der Waals surface area contributed by atoms with Crippen molar-refractivity contribution < 1.29 is 22.7 Å². The maximum Gasteiger partial charge on any atom is 0.265 e. The number of fused-ring (bicyclic) bond motifs is 1. The fraction of sp³-hybridized carbons (Fsp3) is 0.600. The maximum absolute atomic E-state index is 13.4. The van der Waals surface area contributed by atoms with E-state index in [4.69, 9.17) is 4.74 Å². The minimum absolute atomic E-state index is 0.111. The van der Waals surface area contributed by atoms with Crippen LogP contribution in [-0.2, 0) is 19.6 Å². The molecule has 4 rings (SSSR count). The first-order valence-electron chi connectivity index (χ1n) is 10.2. The van der Waals surface area contributed by atoms with Gasteiger partial charge in [0.1, 0.15) is 11.8 Å². The molecule has 29 heavy (non-hydrogen) atoms. The molecular weight excluding hydrogens is 394 g/mol. The number of nitrogens with one attached hydrogen (secondary N) is 2. The zero-order valence-corrected chi connectivity index (χ0v) is 17.5. The zero-order valence-electron chi connectivity index (χ0n) is 16.7. The largest absolute Gasteiger partial charge is 0.479 e. The van der Waals surface area contributed by atoms with Gasteiger partial charge in [-0.15, -0.1) is 0 Å². The van der Waals surface area contributed by atoms with Crippen LogP contribution >= 0.6 is 0 Å².